The number of nitrogens with one attached hydrogen (secondary N) is 1. The molecule has 1 aliphatic heterocycles. The highest BCUT2D eigenvalue weighted by molar-refractivity contribution is 6.07. The second-order valence-electron chi connectivity index (χ2n) is 7.38. The van der Waals surface area contributed by atoms with Crippen LogP contribution in [0.4, 0.5) is 8.78 Å². The van der Waals surface area contributed by atoms with Crippen LogP contribution in [0.15, 0.2) is 48.5 Å². The molecular formula is C23H23F2N3O. The highest BCUT2D eigenvalue weighted by Gasteiger charge is 2.16. The van der Waals surface area contributed by atoms with E-state index in [2.05, 4.69) is 15.2 Å². The number of piperidine rings is 1. The molecule has 1 amide bonds. The summed E-state index contributed by atoms with van der Waals surface area (Å²) in [6.45, 7) is 3.46. The Labute approximate surface area is 168 Å². The van der Waals surface area contributed by atoms with Crippen LogP contribution in [-0.2, 0) is 0 Å². The van der Waals surface area contributed by atoms with Gasteiger partial charge in [0.25, 0.3) is 5.91 Å². The van der Waals surface area contributed by atoms with E-state index < -0.39 is 5.82 Å². The number of hydrogen-bond acceptors (Lipinski definition) is 3. The van der Waals surface area contributed by atoms with Crippen LogP contribution in [0.3, 0.4) is 0 Å². The number of likely N-dealkylation sites (tertiary alicyclic amines) is 1. The molecule has 0 bridgehead atoms. The van der Waals surface area contributed by atoms with Crippen LogP contribution in [-0.4, -0.2) is 42.0 Å². The lowest BCUT2D eigenvalue weighted by Crippen LogP contribution is -2.37. The summed E-state index contributed by atoms with van der Waals surface area (Å²) in [5.41, 5.74) is 2.13. The Hall–Kier alpha value is -2.86. The number of hydrogen-bond donors (Lipinski definition) is 1. The van der Waals surface area contributed by atoms with E-state index in [9.17, 15) is 13.6 Å². The topological polar surface area (TPSA) is 45.2 Å². The summed E-state index contributed by atoms with van der Waals surface area (Å²) in [6.07, 6.45) is 3.66. The predicted octanol–water partition coefficient (Wildman–Crippen LogP) is 4.40. The number of nitrogens with zero attached hydrogens (tertiary/aromatic N) is 2. The van der Waals surface area contributed by atoms with E-state index in [0.29, 0.717) is 34.3 Å². The Kier molecular flexibility index (Phi) is 5.81. The van der Waals surface area contributed by atoms with Gasteiger partial charge in [-0.3, -0.25) is 4.79 Å². The molecule has 29 heavy (non-hydrogen) atoms. The molecule has 6 heteroatoms. The number of fused-ring (bicyclic) bond motifs is 1. The molecule has 0 atom stereocenters. The van der Waals surface area contributed by atoms with Crippen LogP contribution >= 0.6 is 0 Å². The fraction of sp³-hybridized carbons (Fsp3) is 0.304. The van der Waals surface area contributed by atoms with Crippen LogP contribution in [0, 0.1) is 11.6 Å². The molecule has 1 aliphatic rings. The molecule has 2 heterocycles. The van der Waals surface area contributed by atoms with Crippen LogP contribution < -0.4 is 5.32 Å². The summed E-state index contributed by atoms with van der Waals surface area (Å²) >= 11 is 0. The first-order valence-electron chi connectivity index (χ1n) is 9.97. The average molecular weight is 395 g/mol. The van der Waals surface area contributed by atoms with E-state index in [1.54, 1.807) is 24.3 Å². The van der Waals surface area contributed by atoms with Crippen molar-refractivity contribution in [1.82, 2.24) is 15.2 Å². The third kappa shape index (κ3) is 4.59. The van der Waals surface area contributed by atoms with Crippen molar-refractivity contribution >= 4 is 16.8 Å². The van der Waals surface area contributed by atoms with E-state index in [-0.39, 0.29) is 11.7 Å². The molecule has 0 spiro atoms. The lowest BCUT2D eigenvalue weighted by Gasteiger charge is -2.26. The molecule has 0 unspecified atom stereocenters. The van der Waals surface area contributed by atoms with Gasteiger partial charge in [-0.15, -0.1) is 0 Å². The van der Waals surface area contributed by atoms with Gasteiger partial charge in [-0.25, -0.2) is 13.8 Å². The first kappa shape index (κ1) is 19.5. The van der Waals surface area contributed by atoms with Crippen molar-refractivity contribution in [2.24, 2.45) is 0 Å². The first-order chi connectivity index (χ1) is 14.1. The van der Waals surface area contributed by atoms with Crippen molar-refractivity contribution in [2.45, 2.75) is 19.3 Å². The van der Waals surface area contributed by atoms with Gasteiger partial charge in [0.05, 0.1) is 16.8 Å². The maximum Gasteiger partial charge on any atom is 0.252 e. The number of benzene rings is 2. The zero-order chi connectivity index (χ0) is 20.2. The molecule has 4 rings (SSSR count). The molecule has 2 aromatic carbocycles. The SMILES string of the molecule is O=C(NCCN1CCCCC1)c1cc(-c2ccc(F)cc2)nc2ccc(F)cc12. The molecule has 0 saturated carbocycles. The summed E-state index contributed by atoms with van der Waals surface area (Å²) in [6, 6.07) is 11.8. The van der Waals surface area contributed by atoms with Gasteiger partial charge in [-0.05, 0) is 74.5 Å². The van der Waals surface area contributed by atoms with Gasteiger partial charge in [-0.2, -0.15) is 0 Å². The Morgan fingerprint density at radius 3 is 2.45 bits per heavy atom. The fourth-order valence-electron chi connectivity index (χ4n) is 3.76. The Morgan fingerprint density at radius 1 is 0.966 bits per heavy atom. The number of pyridine rings is 1. The molecule has 1 saturated heterocycles. The Morgan fingerprint density at radius 2 is 1.69 bits per heavy atom. The maximum atomic E-state index is 13.8. The molecule has 3 aromatic rings. The number of aromatic nitrogens is 1. The number of rotatable bonds is 5. The van der Waals surface area contributed by atoms with Crippen LogP contribution in [0.1, 0.15) is 29.6 Å². The van der Waals surface area contributed by atoms with Crippen molar-refractivity contribution < 1.29 is 13.6 Å². The van der Waals surface area contributed by atoms with E-state index in [1.165, 1.54) is 43.5 Å². The molecule has 0 aliphatic carbocycles. The molecule has 1 fully saturated rings. The molecule has 4 nitrogen and oxygen atoms in total. The van der Waals surface area contributed by atoms with E-state index >= 15 is 0 Å². The fourth-order valence-corrected chi connectivity index (χ4v) is 3.76. The normalized spacial score (nSPS) is 14.8. The van der Waals surface area contributed by atoms with Gasteiger partial charge in [0.2, 0.25) is 0 Å². The quantitative estimate of drug-likeness (QED) is 0.697. The first-order valence-corrected chi connectivity index (χ1v) is 9.97. The molecule has 0 radical (unpaired) electrons. The Balaban J connectivity index is 1.61. The van der Waals surface area contributed by atoms with E-state index in [4.69, 9.17) is 0 Å². The van der Waals surface area contributed by atoms with Crippen molar-refractivity contribution in [3.05, 3.63) is 65.7 Å². The van der Waals surface area contributed by atoms with Gasteiger partial charge in [-0.1, -0.05) is 6.42 Å². The summed E-state index contributed by atoms with van der Waals surface area (Å²) < 4.78 is 27.1. The maximum absolute atomic E-state index is 13.8. The second kappa shape index (κ2) is 8.66. The zero-order valence-electron chi connectivity index (χ0n) is 16.1. The van der Waals surface area contributed by atoms with Crippen molar-refractivity contribution in [3.63, 3.8) is 0 Å². The number of halogens is 2. The minimum Gasteiger partial charge on any atom is -0.351 e. The minimum absolute atomic E-state index is 0.261. The van der Waals surface area contributed by atoms with Gasteiger partial charge in [0, 0.05) is 24.0 Å². The monoisotopic (exact) mass is 395 g/mol. The van der Waals surface area contributed by atoms with Gasteiger partial charge in [0.1, 0.15) is 11.6 Å². The average Bonchev–Trinajstić information content (AvgIpc) is 2.74. The van der Waals surface area contributed by atoms with Crippen LogP contribution in [0.5, 0.6) is 0 Å². The van der Waals surface area contributed by atoms with E-state index in [1.807, 2.05) is 0 Å². The smallest absolute Gasteiger partial charge is 0.252 e. The molecule has 1 N–H and O–H groups in total. The molecular weight excluding hydrogens is 372 g/mol. The number of carbonyl (C=O) groups excluding carboxylic acids is 1. The van der Waals surface area contributed by atoms with Gasteiger partial charge < -0.3 is 10.2 Å². The summed E-state index contributed by atoms with van der Waals surface area (Å²) in [7, 11) is 0. The van der Waals surface area contributed by atoms with Crippen LogP contribution in [0.2, 0.25) is 0 Å². The number of carbonyl (C=O) groups is 1. The summed E-state index contributed by atoms with van der Waals surface area (Å²) in [5.74, 6) is -1.02. The van der Waals surface area contributed by atoms with Gasteiger partial charge >= 0.3 is 0 Å². The summed E-state index contributed by atoms with van der Waals surface area (Å²) in [4.78, 5) is 19.8. The zero-order valence-corrected chi connectivity index (χ0v) is 16.1. The van der Waals surface area contributed by atoms with Crippen molar-refractivity contribution in [2.75, 3.05) is 26.2 Å². The third-order valence-corrected chi connectivity index (χ3v) is 5.32. The lowest BCUT2D eigenvalue weighted by molar-refractivity contribution is 0.0948. The lowest BCUT2D eigenvalue weighted by atomic mass is 10.0. The van der Waals surface area contributed by atoms with Crippen LogP contribution in [0.25, 0.3) is 22.2 Å². The van der Waals surface area contributed by atoms with Gasteiger partial charge in [0.15, 0.2) is 0 Å². The molecule has 1 aromatic heterocycles. The Bertz CT molecular complexity index is 1010. The highest BCUT2D eigenvalue weighted by Crippen LogP contribution is 2.26. The largest absolute Gasteiger partial charge is 0.351 e. The highest BCUT2D eigenvalue weighted by atomic mass is 19.1. The predicted molar refractivity (Wildman–Crippen MR) is 110 cm³/mol. The summed E-state index contributed by atoms with van der Waals surface area (Å²) in [5, 5.41) is 3.42. The van der Waals surface area contributed by atoms with Crippen molar-refractivity contribution in [1.29, 1.82) is 0 Å². The number of amides is 1. The molecule has 150 valence electrons. The minimum atomic E-state index is -0.420. The second-order valence-corrected chi connectivity index (χ2v) is 7.38. The third-order valence-electron chi connectivity index (χ3n) is 5.32. The van der Waals surface area contributed by atoms with Crippen molar-refractivity contribution in [3.8, 4) is 11.3 Å². The van der Waals surface area contributed by atoms with E-state index in [0.717, 1.165) is 19.6 Å². The standard InChI is InChI=1S/C23H23F2N3O/c24-17-6-4-16(5-7-17)22-15-20(19-14-18(25)8-9-21(19)27-22)23(29)26-10-13-28-11-2-1-3-12-28/h4-9,14-15H,1-3,10-13H2,(H,26,29).